The molecule has 20 heavy (non-hydrogen) atoms. The van der Waals surface area contributed by atoms with Crippen molar-refractivity contribution in [2.24, 2.45) is 0 Å². The molecule has 110 valence electrons. The van der Waals surface area contributed by atoms with E-state index in [1.54, 1.807) is 17.6 Å². The summed E-state index contributed by atoms with van der Waals surface area (Å²) in [6.45, 7) is 4.73. The van der Waals surface area contributed by atoms with Crippen LogP contribution in [-0.4, -0.2) is 39.3 Å². The van der Waals surface area contributed by atoms with Gasteiger partial charge < -0.3 is 10.6 Å². The van der Waals surface area contributed by atoms with Crippen LogP contribution < -0.4 is 10.6 Å². The Kier molecular flexibility index (Phi) is 4.93. The molecular formula is C13H20N4OS2. The average molecular weight is 312 g/mol. The monoisotopic (exact) mass is 312 g/mol. The quantitative estimate of drug-likeness (QED) is 0.858. The van der Waals surface area contributed by atoms with Crippen LogP contribution >= 0.6 is 11.3 Å². The lowest BCUT2D eigenvalue weighted by molar-refractivity contribution is 0.679. The maximum absolute atomic E-state index is 11.4. The Labute approximate surface area is 125 Å². The van der Waals surface area contributed by atoms with Crippen LogP contribution in [0.2, 0.25) is 0 Å². The van der Waals surface area contributed by atoms with Crippen LogP contribution in [0.1, 0.15) is 18.7 Å². The minimum atomic E-state index is -0.840. The summed E-state index contributed by atoms with van der Waals surface area (Å²) in [6.07, 6.45) is 2.71. The molecule has 5 nitrogen and oxygen atoms in total. The lowest BCUT2D eigenvalue weighted by atomic mass is 10.3. The van der Waals surface area contributed by atoms with E-state index in [4.69, 9.17) is 0 Å². The molecule has 7 heteroatoms. The number of thiophene rings is 1. The minimum Gasteiger partial charge on any atom is -0.368 e. The molecule has 0 aliphatic carbocycles. The molecule has 0 radical (unpaired) electrons. The second-order valence-corrected chi connectivity index (χ2v) is 7.54. The maximum atomic E-state index is 11.4. The standard InChI is InChI=1S/C13H20N4OS2/c1-5-9-6-10-11(15-7-8(2)20(4)18)16-13(14-3)17-12(10)19-9/h6,8H,5,7H2,1-4H3,(H2,14,15,16,17). The fourth-order valence-electron chi connectivity index (χ4n) is 1.75. The van der Waals surface area contributed by atoms with Crippen LogP contribution in [-0.2, 0) is 17.2 Å². The van der Waals surface area contributed by atoms with E-state index in [1.165, 1.54) is 4.88 Å². The van der Waals surface area contributed by atoms with Crippen LogP contribution in [0.4, 0.5) is 11.8 Å². The Bertz CT molecular complexity index is 626. The highest BCUT2D eigenvalue weighted by Gasteiger charge is 2.12. The van der Waals surface area contributed by atoms with Crippen molar-refractivity contribution < 1.29 is 4.21 Å². The highest BCUT2D eigenvalue weighted by molar-refractivity contribution is 7.84. The summed E-state index contributed by atoms with van der Waals surface area (Å²) >= 11 is 1.69. The van der Waals surface area contributed by atoms with Gasteiger partial charge in [-0.15, -0.1) is 11.3 Å². The van der Waals surface area contributed by atoms with E-state index >= 15 is 0 Å². The van der Waals surface area contributed by atoms with E-state index in [-0.39, 0.29) is 5.25 Å². The molecule has 2 heterocycles. The smallest absolute Gasteiger partial charge is 0.225 e. The van der Waals surface area contributed by atoms with Gasteiger partial charge in [0.1, 0.15) is 10.6 Å². The summed E-state index contributed by atoms with van der Waals surface area (Å²) in [5, 5.41) is 7.41. The van der Waals surface area contributed by atoms with Gasteiger partial charge in [-0.2, -0.15) is 4.98 Å². The van der Waals surface area contributed by atoms with Crippen molar-refractivity contribution in [3.8, 4) is 0 Å². The first-order valence-electron chi connectivity index (χ1n) is 6.59. The van der Waals surface area contributed by atoms with E-state index in [0.717, 1.165) is 22.5 Å². The second kappa shape index (κ2) is 6.49. The fourth-order valence-corrected chi connectivity index (χ4v) is 3.04. The number of hydrogen-bond donors (Lipinski definition) is 2. The van der Waals surface area contributed by atoms with Crippen LogP contribution in [0, 0.1) is 0 Å². The lowest BCUT2D eigenvalue weighted by Crippen LogP contribution is -2.21. The topological polar surface area (TPSA) is 66.9 Å². The van der Waals surface area contributed by atoms with E-state index < -0.39 is 10.8 Å². The Morgan fingerprint density at radius 2 is 2.20 bits per heavy atom. The summed E-state index contributed by atoms with van der Waals surface area (Å²) < 4.78 is 11.4. The van der Waals surface area contributed by atoms with Gasteiger partial charge in [-0.3, -0.25) is 4.21 Å². The molecule has 0 saturated carbocycles. The zero-order chi connectivity index (χ0) is 14.7. The highest BCUT2D eigenvalue weighted by atomic mass is 32.2. The van der Waals surface area contributed by atoms with Crippen LogP contribution in [0.25, 0.3) is 10.2 Å². The number of rotatable bonds is 6. The molecule has 0 amide bonds. The van der Waals surface area contributed by atoms with E-state index in [0.29, 0.717) is 12.5 Å². The third-order valence-electron chi connectivity index (χ3n) is 3.14. The van der Waals surface area contributed by atoms with Crippen molar-refractivity contribution >= 4 is 44.1 Å². The predicted octanol–water partition coefficient (Wildman–Crippen LogP) is 2.47. The van der Waals surface area contributed by atoms with Crippen LogP contribution in [0.15, 0.2) is 6.07 Å². The summed E-state index contributed by atoms with van der Waals surface area (Å²) in [5.41, 5.74) is 0. The molecule has 0 bridgehead atoms. The van der Waals surface area contributed by atoms with Crippen molar-refractivity contribution in [3.05, 3.63) is 10.9 Å². The highest BCUT2D eigenvalue weighted by Crippen LogP contribution is 2.30. The third kappa shape index (κ3) is 3.27. The zero-order valence-corrected chi connectivity index (χ0v) is 13.8. The minimum absolute atomic E-state index is 0.0855. The summed E-state index contributed by atoms with van der Waals surface area (Å²) in [7, 11) is 0.968. The van der Waals surface area contributed by atoms with Crippen molar-refractivity contribution in [1.82, 2.24) is 9.97 Å². The Balaban J connectivity index is 2.34. The summed E-state index contributed by atoms with van der Waals surface area (Å²) in [6, 6.07) is 2.13. The molecule has 0 aliphatic heterocycles. The van der Waals surface area contributed by atoms with E-state index in [1.807, 2.05) is 14.0 Å². The SMILES string of the molecule is CCc1cc2c(NCC(C)S(C)=O)nc(NC)nc2s1. The van der Waals surface area contributed by atoms with Gasteiger partial charge in [0, 0.05) is 40.8 Å². The predicted molar refractivity (Wildman–Crippen MR) is 88.4 cm³/mol. The second-order valence-electron chi connectivity index (χ2n) is 4.62. The van der Waals surface area contributed by atoms with Gasteiger partial charge in [-0.25, -0.2) is 4.98 Å². The average Bonchev–Trinajstić information content (AvgIpc) is 2.86. The number of aromatic nitrogens is 2. The zero-order valence-electron chi connectivity index (χ0n) is 12.2. The van der Waals surface area contributed by atoms with Gasteiger partial charge in [-0.05, 0) is 19.4 Å². The molecule has 2 aromatic rings. The number of fused-ring (bicyclic) bond motifs is 1. The molecule has 2 unspecified atom stereocenters. The Morgan fingerprint density at radius 3 is 2.80 bits per heavy atom. The van der Waals surface area contributed by atoms with E-state index in [9.17, 15) is 4.21 Å². The van der Waals surface area contributed by atoms with Crippen molar-refractivity contribution in [2.75, 3.05) is 30.5 Å². The number of hydrogen-bond acceptors (Lipinski definition) is 6. The molecule has 0 fully saturated rings. The largest absolute Gasteiger partial charge is 0.368 e. The van der Waals surface area contributed by atoms with Crippen LogP contribution in [0.3, 0.4) is 0 Å². The lowest BCUT2D eigenvalue weighted by Gasteiger charge is -2.12. The number of nitrogens with one attached hydrogen (secondary N) is 2. The molecule has 0 aliphatic rings. The molecule has 0 aromatic carbocycles. The summed E-state index contributed by atoms with van der Waals surface area (Å²) in [4.78, 5) is 11.2. The van der Waals surface area contributed by atoms with Crippen molar-refractivity contribution in [1.29, 1.82) is 0 Å². The molecule has 2 atom stereocenters. The van der Waals surface area contributed by atoms with E-state index in [2.05, 4.69) is 33.6 Å². The van der Waals surface area contributed by atoms with Gasteiger partial charge in [0.25, 0.3) is 0 Å². The van der Waals surface area contributed by atoms with Crippen molar-refractivity contribution in [2.45, 2.75) is 25.5 Å². The Hall–Kier alpha value is -1.21. The first-order valence-corrected chi connectivity index (χ1v) is 9.03. The number of aryl methyl sites for hydroxylation is 1. The first-order chi connectivity index (χ1) is 9.55. The summed E-state index contributed by atoms with van der Waals surface area (Å²) in [5.74, 6) is 1.42. The molecule has 0 saturated heterocycles. The molecule has 2 rings (SSSR count). The Morgan fingerprint density at radius 1 is 1.45 bits per heavy atom. The maximum Gasteiger partial charge on any atom is 0.225 e. The normalized spacial score (nSPS) is 14.2. The molecule has 2 aromatic heterocycles. The van der Waals surface area contributed by atoms with Gasteiger partial charge in [0.2, 0.25) is 5.95 Å². The molecular weight excluding hydrogens is 292 g/mol. The number of nitrogens with zero attached hydrogens (tertiary/aromatic N) is 2. The van der Waals surface area contributed by atoms with Gasteiger partial charge in [-0.1, -0.05) is 6.92 Å². The van der Waals surface area contributed by atoms with Gasteiger partial charge in [0.05, 0.1) is 5.39 Å². The van der Waals surface area contributed by atoms with Crippen LogP contribution in [0.5, 0.6) is 0 Å². The molecule has 2 N–H and O–H groups in total. The molecule has 0 spiro atoms. The fraction of sp³-hybridized carbons (Fsp3) is 0.538. The number of anilines is 2. The third-order valence-corrected chi connectivity index (χ3v) is 5.61. The van der Waals surface area contributed by atoms with Gasteiger partial charge >= 0.3 is 0 Å². The van der Waals surface area contributed by atoms with Crippen molar-refractivity contribution in [3.63, 3.8) is 0 Å². The first kappa shape index (κ1) is 15.2. The van der Waals surface area contributed by atoms with Gasteiger partial charge in [0.15, 0.2) is 0 Å².